The lowest BCUT2D eigenvalue weighted by Crippen LogP contribution is -2.47. The average molecular weight is 465 g/mol. The lowest BCUT2D eigenvalue weighted by molar-refractivity contribution is -0.119. The Morgan fingerprint density at radius 1 is 1.39 bits per heavy atom. The zero-order valence-corrected chi connectivity index (χ0v) is 18.9. The summed E-state index contributed by atoms with van der Waals surface area (Å²) in [6.07, 6.45) is 2.64. The number of amides is 2. The van der Waals surface area contributed by atoms with Crippen LogP contribution in [0.4, 0.5) is 4.79 Å². The van der Waals surface area contributed by atoms with Gasteiger partial charge in [0.15, 0.2) is 5.16 Å². The van der Waals surface area contributed by atoms with Crippen molar-refractivity contribution in [1.29, 1.82) is 0 Å². The maximum absolute atomic E-state index is 12.8. The summed E-state index contributed by atoms with van der Waals surface area (Å²) in [7, 11) is 0. The molecule has 1 aromatic heterocycles. The minimum Gasteiger partial charge on any atom is -0.450 e. The Morgan fingerprint density at radius 2 is 2.13 bits per heavy atom. The first-order valence-electron chi connectivity index (χ1n) is 10.1. The standard InChI is InChI=1S/C21H25ClN4O4S/c1-3-9-26-19(28)16-6-5-14(22)12-17(16)24-20(26)31-13-18(27)23-15-7-10-25(11-8-15)21(29)30-4-2/h3,5-6,12,15H,1,4,7-11,13H2,2H3,(H,23,27). The number of nitrogens with one attached hydrogen (secondary N) is 1. The molecule has 8 nitrogen and oxygen atoms in total. The molecule has 0 saturated carbocycles. The van der Waals surface area contributed by atoms with Gasteiger partial charge in [-0.3, -0.25) is 14.2 Å². The Hall–Kier alpha value is -2.52. The lowest BCUT2D eigenvalue weighted by atomic mass is 10.1. The summed E-state index contributed by atoms with van der Waals surface area (Å²) < 4.78 is 6.51. The molecule has 0 aliphatic carbocycles. The van der Waals surface area contributed by atoms with Gasteiger partial charge in [0.1, 0.15) is 0 Å². The highest BCUT2D eigenvalue weighted by Crippen LogP contribution is 2.21. The second kappa shape index (κ2) is 10.7. The number of piperidine rings is 1. The summed E-state index contributed by atoms with van der Waals surface area (Å²) in [5.74, 6) is -0.0292. The summed E-state index contributed by atoms with van der Waals surface area (Å²) >= 11 is 7.23. The van der Waals surface area contributed by atoms with Gasteiger partial charge in [-0.1, -0.05) is 29.4 Å². The summed E-state index contributed by atoms with van der Waals surface area (Å²) in [4.78, 5) is 43.3. The molecule has 0 spiro atoms. The first-order chi connectivity index (χ1) is 14.9. The largest absolute Gasteiger partial charge is 0.450 e. The van der Waals surface area contributed by atoms with Crippen molar-refractivity contribution in [2.75, 3.05) is 25.4 Å². The molecule has 1 N–H and O–H groups in total. The van der Waals surface area contributed by atoms with E-state index >= 15 is 0 Å². The topological polar surface area (TPSA) is 93.5 Å². The number of hydrogen-bond donors (Lipinski definition) is 1. The maximum Gasteiger partial charge on any atom is 0.409 e. The van der Waals surface area contributed by atoms with Crippen molar-refractivity contribution in [2.24, 2.45) is 0 Å². The predicted octanol–water partition coefficient (Wildman–Crippen LogP) is 3.07. The fourth-order valence-corrected chi connectivity index (χ4v) is 4.38. The van der Waals surface area contributed by atoms with Crippen LogP contribution in [0.3, 0.4) is 0 Å². The van der Waals surface area contributed by atoms with Crippen LogP contribution in [-0.2, 0) is 16.1 Å². The van der Waals surface area contributed by atoms with Crippen molar-refractivity contribution in [3.63, 3.8) is 0 Å². The summed E-state index contributed by atoms with van der Waals surface area (Å²) in [6.45, 7) is 7.20. The monoisotopic (exact) mass is 464 g/mol. The molecule has 1 saturated heterocycles. The van der Waals surface area contributed by atoms with Crippen LogP contribution >= 0.6 is 23.4 Å². The molecule has 2 heterocycles. The number of benzene rings is 1. The molecule has 10 heteroatoms. The number of ether oxygens (including phenoxy) is 1. The van der Waals surface area contributed by atoms with E-state index < -0.39 is 0 Å². The molecule has 1 aliphatic rings. The Balaban J connectivity index is 1.62. The number of carbonyl (C=O) groups is 2. The summed E-state index contributed by atoms with van der Waals surface area (Å²) in [5, 5.41) is 4.39. The lowest BCUT2D eigenvalue weighted by Gasteiger charge is -2.31. The Morgan fingerprint density at radius 3 is 2.81 bits per heavy atom. The number of aromatic nitrogens is 2. The van der Waals surface area contributed by atoms with Gasteiger partial charge < -0.3 is 15.0 Å². The molecule has 166 valence electrons. The van der Waals surface area contributed by atoms with Crippen LogP contribution in [0.2, 0.25) is 5.02 Å². The zero-order chi connectivity index (χ0) is 22.4. The zero-order valence-electron chi connectivity index (χ0n) is 17.3. The van der Waals surface area contributed by atoms with Gasteiger partial charge in [-0.2, -0.15) is 0 Å². The third-order valence-electron chi connectivity index (χ3n) is 4.91. The highest BCUT2D eigenvalue weighted by Gasteiger charge is 2.24. The third-order valence-corrected chi connectivity index (χ3v) is 6.12. The molecule has 1 fully saturated rings. The number of thioether (sulfide) groups is 1. The number of allylic oxidation sites excluding steroid dienone is 1. The molecule has 2 aromatic rings. The second-order valence-electron chi connectivity index (χ2n) is 7.08. The summed E-state index contributed by atoms with van der Waals surface area (Å²) in [5.41, 5.74) is 0.294. The van der Waals surface area contributed by atoms with Crippen LogP contribution in [0.5, 0.6) is 0 Å². The van der Waals surface area contributed by atoms with Crippen molar-refractivity contribution >= 4 is 46.3 Å². The first kappa shape index (κ1) is 23.1. The fraction of sp³-hybridized carbons (Fsp3) is 0.429. The molecule has 0 bridgehead atoms. The normalized spacial score (nSPS) is 14.5. The Bertz CT molecular complexity index is 1030. The number of fused-ring (bicyclic) bond motifs is 1. The Labute approximate surface area is 189 Å². The van der Waals surface area contributed by atoms with Crippen molar-refractivity contribution in [3.05, 3.63) is 46.2 Å². The van der Waals surface area contributed by atoms with Crippen LogP contribution in [0, 0.1) is 0 Å². The fourth-order valence-electron chi connectivity index (χ4n) is 3.39. The molecule has 1 aliphatic heterocycles. The van der Waals surface area contributed by atoms with E-state index in [4.69, 9.17) is 16.3 Å². The predicted molar refractivity (Wildman–Crippen MR) is 122 cm³/mol. The van der Waals surface area contributed by atoms with Gasteiger partial charge in [-0.15, -0.1) is 6.58 Å². The van der Waals surface area contributed by atoms with Gasteiger partial charge in [0.2, 0.25) is 5.91 Å². The number of likely N-dealkylation sites (tertiary alicyclic amines) is 1. The number of halogens is 1. The number of nitrogens with zero attached hydrogens (tertiary/aromatic N) is 3. The SMILES string of the molecule is C=CCn1c(SCC(=O)NC2CCN(C(=O)OCC)CC2)nc2cc(Cl)ccc2c1=O. The van der Waals surface area contributed by atoms with Gasteiger partial charge in [0.25, 0.3) is 5.56 Å². The van der Waals surface area contributed by atoms with Gasteiger partial charge in [-0.25, -0.2) is 9.78 Å². The van der Waals surface area contributed by atoms with Crippen LogP contribution < -0.4 is 10.9 Å². The molecule has 0 unspecified atom stereocenters. The molecular formula is C21H25ClN4O4S. The van der Waals surface area contributed by atoms with Gasteiger partial charge >= 0.3 is 6.09 Å². The van der Waals surface area contributed by atoms with E-state index in [2.05, 4.69) is 16.9 Å². The minimum atomic E-state index is -0.314. The highest BCUT2D eigenvalue weighted by molar-refractivity contribution is 7.99. The van der Waals surface area contributed by atoms with Crippen LogP contribution in [0.1, 0.15) is 19.8 Å². The quantitative estimate of drug-likeness (QED) is 0.384. The average Bonchev–Trinajstić information content (AvgIpc) is 2.75. The first-order valence-corrected chi connectivity index (χ1v) is 11.4. The molecule has 1 aromatic carbocycles. The Kier molecular flexibility index (Phi) is 7.97. The van der Waals surface area contributed by atoms with Crippen molar-refractivity contribution in [2.45, 2.75) is 37.5 Å². The van der Waals surface area contributed by atoms with E-state index in [-0.39, 0.29) is 29.4 Å². The van der Waals surface area contributed by atoms with Crippen molar-refractivity contribution in [1.82, 2.24) is 19.8 Å². The second-order valence-corrected chi connectivity index (χ2v) is 8.46. The molecule has 2 amide bonds. The number of carbonyl (C=O) groups excluding carboxylic acids is 2. The van der Waals surface area contributed by atoms with Crippen LogP contribution in [0.25, 0.3) is 10.9 Å². The van der Waals surface area contributed by atoms with Crippen LogP contribution in [-0.4, -0.2) is 57.9 Å². The smallest absolute Gasteiger partial charge is 0.409 e. The van der Waals surface area contributed by atoms with E-state index in [0.717, 1.165) is 0 Å². The summed E-state index contributed by atoms with van der Waals surface area (Å²) in [6, 6.07) is 4.94. The minimum absolute atomic E-state index is 0.00230. The maximum atomic E-state index is 12.8. The molecule has 31 heavy (non-hydrogen) atoms. The number of hydrogen-bond acceptors (Lipinski definition) is 6. The van der Waals surface area contributed by atoms with E-state index in [9.17, 15) is 14.4 Å². The molecule has 0 atom stereocenters. The van der Waals surface area contributed by atoms with Gasteiger partial charge in [0, 0.05) is 30.7 Å². The van der Waals surface area contributed by atoms with Crippen molar-refractivity contribution < 1.29 is 14.3 Å². The van der Waals surface area contributed by atoms with Crippen LogP contribution in [0.15, 0.2) is 40.8 Å². The highest BCUT2D eigenvalue weighted by atomic mass is 35.5. The van der Waals surface area contributed by atoms with E-state index in [1.165, 1.54) is 16.3 Å². The molecule has 3 rings (SSSR count). The van der Waals surface area contributed by atoms with E-state index in [1.807, 2.05) is 0 Å². The number of rotatable bonds is 7. The van der Waals surface area contributed by atoms with Gasteiger partial charge in [0.05, 0.1) is 23.3 Å². The van der Waals surface area contributed by atoms with Gasteiger partial charge in [-0.05, 0) is 38.0 Å². The molecular weight excluding hydrogens is 440 g/mol. The van der Waals surface area contributed by atoms with Crippen molar-refractivity contribution in [3.8, 4) is 0 Å². The third kappa shape index (κ3) is 5.80. The van der Waals surface area contributed by atoms with E-state index in [1.54, 1.807) is 36.1 Å². The van der Waals surface area contributed by atoms with E-state index in [0.29, 0.717) is 60.2 Å². The molecule has 0 radical (unpaired) electrons.